The minimum Gasteiger partial charge on any atom is -0.459 e. The second-order valence-electron chi connectivity index (χ2n) is 4.55. The van der Waals surface area contributed by atoms with E-state index in [0.29, 0.717) is 16.4 Å². The topological polar surface area (TPSA) is 70.1 Å². The van der Waals surface area contributed by atoms with Gasteiger partial charge in [0.25, 0.3) is 0 Å². The molecule has 6 heteroatoms. The maximum atomic E-state index is 11.8. The van der Waals surface area contributed by atoms with E-state index in [0.717, 1.165) is 11.3 Å². The Kier molecular flexibility index (Phi) is 4.29. The number of esters is 1. The van der Waals surface area contributed by atoms with Gasteiger partial charge in [-0.1, -0.05) is 23.7 Å². The van der Waals surface area contributed by atoms with E-state index in [1.807, 2.05) is 6.07 Å². The lowest BCUT2D eigenvalue weighted by molar-refractivity contribution is -0.144. The summed E-state index contributed by atoms with van der Waals surface area (Å²) in [5.41, 5.74) is 8.51. The van der Waals surface area contributed by atoms with Gasteiger partial charge in [-0.3, -0.25) is 9.48 Å². The number of nitrogens with two attached hydrogens (primary N) is 1. The molecule has 1 aromatic carbocycles. The van der Waals surface area contributed by atoms with E-state index in [4.69, 9.17) is 22.1 Å². The van der Waals surface area contributed by atoms with Crippen LogP contribution < -0.4 is 5.73 Å². The van der Waals surface area contributed by atoms with Crippen LogP contribution in [0.5, 0.6) is 0 Å². The van der Waals surface area contributed by atoms with Crippen LogP contribution in [0.2, 0.25) is 5.02 Å². The molecule has 0 spiro atoms. The molecule has 0 aliphatic rings. The zero-order valence-electron chi connectivity index (χ0n) is 11.4. The maximum Gasteiger partial charge on any atom is 0.310 e. The number of ether oxygens (including phenoxy) is 1. The fourth-order valence-electron chi connectivity index (χ4n) is 1.91. The Morgan fingerprint density at radius 2 is 2.25 bits per heavy atom. The van der Waals surface area contributed by atoms with Crippen LogP contribution in [-0.4, -0.2) is 15.7 Å². The lowest BCUT2D eigenvalue weighted by atomic mass is 10.1. The first-order valence-electron chi connectivity index (χ1n) is 6.15. The van der Waals surface area contributed by atoms with Crippen molar-refractivity contribution in [3.63, 3.8) is 0 Å². The van der Waals surface area contributed by atoms with E-state index in [1.54, 1.807) is 36.9 Å². The number of hydrogen-bond acceptors (Lipinski definition) is 4. The normalized spacial score (nSPS) is 10.6. The summed E-state index contributed by atoms with van der Waals surface area (Å²) in [7, 11) is 1.76. The number of halogens is 1. The summed E-state index contributed by atoms with van der Waals surface area (Å²) in [4.78, 5) is 11.8. The first-order chi connectivity index (χ1) is 9.47. The molecule has 0 saturated carbocycles. The number of aromatic nitrogens is 2. The van der Waals surface area contributed by atoms with Gasteiger partial charge in [-0.2, -0.15) is 5.10 Å². The lowest BCUT2D eigenvalue weighted by Crippen LogP contribution is -2.10. The molecule has 2 aromatic rings. The van der Waals surface area contributed by atoms with Gasteiger partial charge < -0.3 is 10.5 Å². The van der Waals surface area contributed by atoms with Crippen molar-refractivity contribution in [3.05, 3.63) is 46.2 Å². The number of aryl methyl sites for hydroxylation is 2. The van der Waals surface area contributed by atoms with Crippen LogP contribution in [-0.2, 0) is 29.6 Å². The van der Waals surface area contributed by atoms with E-state index in [2.05, 4.69) is 5.10 Å². The summed E-state index contributed by atoms with van der Waals surface area (Å²) in [6, 6.07) is 7.16. The number of benzene rings is 1. The van der Waals surface area contributed by atoms with Crippen molar-refractivity contribution in [2.45, 2.75) is 20.0 Å². The quantitative estimate of drug-likeness (QED) is 0.693. The molecule has 0 saturated heterocycles. The minimum atomic E-state index is -0.328. The van der Waals surface area contributed by atoms with Gasteiger partial charge in [0.1, 0.15) is 6.61 Å². The summed E-state index contributed by atoms with van der Waals surface area (Å²) in [5, 5.41) is 4.69. The van der Waals surface area contributed by atoms with E-state index >= 15 is 0 Å². The highest BCUT2D eigenvalue weighted by atomic mass is 35.5. The van der Waals surface area contributed by atoms with Crippen LogP contribution in [0, 0.1) is 6.92 Å². The number of rotatable bonds is 4. The van der Waals surface area contributed by atoms with E-state index in [-0.39, 0.29) is 19.0 Å². The first kappa shape index (κ1) is 14.4. The summed E-state index contributed by atoms with van der Waals surface area (Å²) in [5.74, 6) is -0.328. The fraction of sp³-hybridized carbons (Fsp3) is 0.286. The largest absolute Gasteiger partial charge is 0.459 e. The van der Waals surface area contributed by atoms with Crippen molar-refractivity contribution in [2.24, 2.45) is 7.05 Å². The van der Waals surface area contributed by atoms with Crippen molar-refractivity contribution in [1.29, 1.82) is 0 Å². The molecule has 0 radical (unpaired) electrons. The van der Waals surface area contributed by atoms with E-state index < -0.39 is 0 Å². The van der Waals surface area contributed by atoms with Gasteiger partial charge in [0, 0.05) is 12.7 Å². The first-order valence-corrected chi connectivity index (χ1v) is 6.53. The summed E-state index contributed by atoms with van der Waals surface area (Å²) in [6.45, 7) is 1.91. The molecular formula is C14H16ClN3O2. The van der Waals surface area contributed by atoms with Crippen LogP contribution >= 0.6 is 11.6 Å². The monoisotopic (exact) mass is 293 g/mol. The predicted molar refractivity (Wildman–Crippen MR) is 77.3 cm³/mol. The number of carbonyl (C=O) groups excluding carboxylic acids is 1. The maximum absolute atomic E-state index is 11.8. The number of anilines is 1. The lowest BCUT2D eigenvalue weighted by Gasteiger charge is -2.06. The molecule has 1 heterocycles. The molecule has 2 N–H and O–H groups in total. The molecular weight excluding hydrogens is 278 g/mol. The summed E-state index contributed by atoms with van der Waals surface area (Å²) >= 11 is 6.09. The molecule has 1 aromatic heterocycles. The van der Waals surface area contributed by atoms with Crippen molar-refractivity contribution in [1.82, 2.24) is 9.78 Å². The van der Waals surface area contributed by atoms with Gasteiger partial charge in [0.05, 0.1) is 22.8 Å². The van der Waals surface area contributed by atoms with E-state index in [9.17, 15) is 4.79 Å². The second-order valence-corrected chi connectivity index (χ2v) is 4.93. The van der Waals surface area contributed by atoms with Crippen LogP contribution in [0.4, 0.5) is 5.69 Å². The zero-order valence-corrected chi connectivity index (χ0v) is 12.1. The third kappa shape index (κ3) is 3.30. The van der Waals surface area contributed by atoms with Crippen LogP contribution in [0.1, 0.15) is 17.0 Å². The average molecular weight is 294 g/mol. The Morgan fingerprint density at radius 3 is 2.85 bits per heavy atom. The van der Waals surface area contributed by atoms with Crippen LogP contribution in [0.15, 0.2) is 24.3 Å². The Balaban J connectivity index is 1.96. The molecule has 0 aliphatic carbocycles. The third-order valence-corrected chi connectivity index (χ3v) is 3.42. The molecule has 0 atom stereocenters. The predicted octanol–water partition coefficient (Wildman–Crippen LogP) is 2.25. The Hall–Kier alpha value is -2.01. The van der Waals surface area contributed by atoms with Gasteiger partial charge >= 0.3 is 5.97 Å². The van der Waals surface area contributed by atoms with Crippen molar-refractivity contribution in [3.8, 4) is 0 Å². The number of carbonyl (C=O) groups is 1. The van der Waals surface area contributed by atoms with Gasteiger partial charge in [-0.05, 0) is 24.6 Å². The highest BCUT2D eigenvalue weighted by Crippen LogP contribution is 2.20. The van der Waals surface area contributed by atoms with Gasteiger partial charge in [0.15, 0.2) is 0 Å². The summed E-state index contributed by atoms with van der Waals surface area (Å²) in [6.07, 6.45) is 0.180. The summed E-state index contributed by atoms with van der Waals surface area (Å²) < 4.78 is 6.84. The van der Waals surface area contributed by atoms with Gasteiger partial charge in [-0.25, -0.2) is 0 Å². The number of nitrogens with zero attached hydrogens (tertiary/aromatic N) is 2. The fourth-order valence-corrected chi connectivity index (χ4v) is 2.12. The van der Waals surface area contributed by atoms with Crippen molar-refractivity contribution >= 4 is 23.3 Å². The molecule has 2 rings (SSSR count). The molecule has 106 valence electrons. The highest BCUT2D eigenvalue weighted by molar-refractivity contribution is 6.31. The molecule has 0 amide bonds. The molecule has 5 nitrogen and oxygen atoms in total. The number of hydrogen-bond donors (Lipinski definition) is 1. The highest BCUT2D eigenvalue weighted by Gasteiger charge is 2.13. The van der Waals surface area contributed by atoms with Gasteiger partial charge in [0.2, 0.25) is 0 Å². The van der Waals surface area contributed by atoms with Crippen LogP contribution in [0.3, 0.4) is 0 Å². The molecule has 0 unspecified atom stereocenters. The second kappa shape index (κ2) is 5.96. The number of nitrogen functional groups attached to an aromatic ring is 1. The Morgan fingerprint density at radius 1 is 1.50 bits per heavy atom. The zero-order chi connectivity index (χ0) is 14.7. The van der Waals surface area contributed by atoms with Crippen molar-refractivity contribution in [2.75, 3.05) is 5.73 Å². The standard InChI is InChI=1S/C14H16ClN3O2/c1-9-14(15)12(18(2)17-9)8-20-13(19)7-10-4-3-5-11(16)6-10/h3-6H,7-8,16H2,1-2H3. The molecule has 0 bridgehead atoms. The molecule has 0 fully saturated rings. The smallest absolute Gasteiger partial charge is 0.310 e. The SMILES string of the molecule is Cc1nn(C)c(COC(=O)Cc2cccc(N)c2)c1Cl. The van der Waals surface area contributed by atoms with Crippen molar-refractivity contribution < 1.29 is 9.53 Å². The Labute approximate surface area is 122 Å². The Bertz CT molecular complexity index is 637. The molecule has 0 aliphatic heterocycles. The third-order valence-electron chi connectivity index (χ3n) is 2.93. The van der Waals surface area contributed by atoms with Crippen LogP contribution in [0.25, 0.3) is 0 Å². The minimum absolute atomic E-state index is 0.108. The molecule has 20 heavy (non-hydrogen) atoms. The van der Waals surface area contributed by atoms with E-state index in [1.165, 1.54) is 0 Å². The average Bonchev–Trinajstić information content (AvgIpc) is 2.61. The van der Waals surface area contributed by atoms with Gasteiger partial charge in [-0.15, -0.1) is 0 Å².